The molecule has 5 rings (SSSR count). The molecule has 0 unspecified atom stereocenters. The lowest BCUT2D eigenvalue weighted by molar-refractivity contribution is -0.132. The van der Waals surface area contributed by atoms with Crippen molar-refractivity contribution >= 4 is 33.9 Å². The zero-order chi connectivity index (χ0) is 25.2. The maximum absolute atomic E-state index is 13.1. The van der Waals surface area contributed by atoms with Gasteiger partial charge in [-0.3, -0.25) is 14.5 Å². The fourth-order valence-electron chi connectivity index (χ4n) is 4.21. The average Bonchev–Trinajstić information content (AvgIpc) is 3.49. The molecule has 0 bridgehead atoms. The molecule has 8 heteroatoms. The van der Waals surface area contributed by atoms with Crippen molar-refractivity contribution in [1.29, 1.82) is 0 Å². The largest absolute Gasteiger partial charge is 0.508 e. The van der Waals surface area contributed by atoms with E-state index in [2.05, 4.69) is 4.98 Å². The summed E-state index contributed by atoms with van der Waals surface area (Å²) in [5.74, 6) is -1.35. The van der Waals surface area contributed by atoms with Crippen LogP contribution >= 0.6 is 11.3 Å². The standard InChI is InChI=1S/C28H22N2O5S/c1-17-4-2-5-18(14-17)16-35-22-10-8-19(9-11-22)25(32)23-24(20-6-3-7-21(31)15-20)30(27(34)26(23)33)28-29-12-13-36-28/h2-15,24,31-32H,16H2,1H3/t24-/m1/s1. The maximum atomic E-state index is 13.1. The third kappa shape index (κ3) is 4.46. The predicted octanol–water partition coefficient (Wildman–Crippen LogP) is 5.36. The highest BCUT2D eigenvalue weighted by molar-refractivity contribution is 7.14. The molecular formula is C28H22N2O5S. The van der Waals surface area contributed by atoms with Crippen LogP contribution in [0.3, 0.4) is 0 Å². The molecule has 2 N–H and O–H groups in total. The fourth-order valence-corrected chi connectivity index (χ4v) is 4.88. The number of amides is 1. The molecule has 3 aromatic carbocycles. The van der Waals surface area contributed by atoms with Gasteiger partial charge in [-0.1, -0.05) is 42.0 Å². The van der Waals surface area contributed by atoms with Crippen LogP contribution < -0.4 is 9.64 Å². The molecule has 180 valence electrons. The molecule has 1 aliphatic heterocycles. The van der Waals surface area contributed by atoms with Gasteiger partial charge in [-0.05, 0) is 54.4 Å². The van der Waals surface area contributed by atoms with Crippen LogP contribution in [-0.4, -0.2) is 26.9 Å². The number of hydrogen-bond acceptors (Lipinski definition) is 7. The zero-order valence-electron chi connectivity index (χ0n) is 19.3. The molecule has 2 heterocycles. The molecule has 0 radical (unpaired) electrons. The molecule has 7 nitrogen and oxygen atoms in total. The lowest BCUT2D eigenvalue weighted by Crippen LogP contribution is -2.29. The number of phenolic OH excluding ortho intramolecular Hbond substituents is 1. The molecule has 1 aliphatic rings. The molecule has 1 amide bonds. The van der Waals surface area contributed by atoms with Gasteiger partial charge in [0, 0.05) is 17.1 Å². The molecular weight excluding hydrogens is 476 g/mol. The van der Waals surface area contributed by atoms with Crippen molar-refractivity contribution in [2.24, 2.45) is 0 Å². The molecule has 0 saturated carbocycles. The Bertz CT molecular complexity index is 1460. The number of aromatic nitrogens is 1. The van der Waals surface area contributed by atoms with Crippen molar-refractivity contribution in [2.45, 2.75) is 19.6 Å². The summed E-state index contributed by atoms with van der Waals surface area (Å²) in [6.45, 7) is 2.41. The number of rotatable bonds is 6. The Balaban J connectivity index is 1.49. The van der Waals surface area contributed by atoms with Crippen LogP contribution in [0.4, 0.5) is 5.13 Å². The Kier molecular flexibility index (Phi) is 6.26. The lowest BCUT2D eigenvalue weighted by Gasteiger charge is -2.23. The molecule has 1 atom stereocenters. The zero-order valence-corrected chi connectivity index (χ0v) is 20.1. The number of thiazole rings is 1. The van der Waals surface area contributed by atoms with Crippen LogP contribution in [0.15, 0.2) is 89.9 Å². The van der Waals surface area contributed by atoms with Crippen LogP contribution in [0.2, 0.25) is 0 Å². The number of nitrogens with zero attached hydrogens (tertiary/aromatic N) is 2. The fraction of sp³-hybridized carbons (Fsp3) is 0.107. The molecule has 36 heavy (non-hydrogen) atoms. The number of aliphatic hydroxyl groups excluding tert-OH is 1. The highest BCUT2D eigenvalue weighted by Crippen LogP contribution is 2.43. The lowest BCUT2D eigenvalue weighted by atomic mass is 9.95. The van der Waals surface area contributed by atoms with Crippen LogP contribution in [0.25, 0.3) is 5.76 Å². The number of benzene rings is 3. The first-order valence-corrected chi connectivity index (χ1v) is 12.1. The summed E-state index contributed by atoms with van der Waals surface area (Å²) in [6, 6.07) is 20.0. The van der Waals surface area contributed by atoms with Crippen molar-refractivity contribution in [3.05, 3.63) is 112 Å². The Hall–Kier alpha value is -4.43. The second kappa shape index (κ2) is 9.67. The Morgan fingerprint density at radius 2 is 1.83 bits per heavy atom. The van der Waals surface area contributed by atoms with Crippen molar-refractivity contribution in [3.63, 3.8) is 0 Å². The average molecular weight is 499 g/mol. The van der Waals surface area contributed by atoms with E-state index in [1.54, 1.807) is 41.8 Å². The first kappa shape index (κ1) is 23.3. The minimum absolute atomic E-state index is 0.0210. The third-order valence-corrected chi connectivity index (χ3v) is 6.64. The number of carbonyl (C=O) groups excluding carboxylic acids is 2. The summed E-state index contributed by atoms with van der Waals surface area (Å²) in [5, 5.41) is 23.3. The summed E-state index contributed by atoms with van der Waals surface area (Å²) in [5.41, 5.74) is 2.95. The van der Waals surface area contributed by atoms with Crippen molar-refractivity contribution in [3.8, 4) is 11.5 Å². The van der Waals surface area contributed by atoms with E-state index >= 15 is 0 Å². The van der Waals surface area contributed by atoms with Gasteiger partial charge >= 0.3 is 5.91 Å². The minimum Gasteiger partial charge on any atom is -0.508 e. The van der Waals surface area contributed by atoms with Gasteiger partial charge in [0.1, 0.15) is 23.9 Å². The van der Waals surface area contributed by atoms with E-state index in [1.165, 1.54) is 34.6 Å². The third-order valence-electron chi connectivity index (χ3n) is 5.87. The summed E-state index contributed by atoms with van der Waals surface area (Å²) in [4.78, 5) is 31.6. The van der Waals surface area contributed by atoms with Gasteiger partial charge in [0.25, 0.3) is 5.78 Å². The van der Waals surface area contributed by atoms with Gasteiger partial charge in [0.15, 0.2) is 5.13 Å². The quantitative estimate of drug-likeness (QED) is 0.211. The van der Waals surface area contributed by atoms with Crippen molar-refractivity contribution in [2.75, 3.05) is 4.90 Å². The van der Waals surface area contributed by atoms with E-state index in [0.29, 0.717) is 28.6 Å². The van der Waals surface area contributed by atoms with E-state index in [4.69, 9.17) is 4.74 Å². The van der Waals surface area contributed by atoms with Crippen LogP contribution in [0.5, 0.6) is 11.5 Å². The number of hydrogen-bond donors (Lipinski definition) is 2. The van der Waals surface area contributed by atoms with Gasteiger partial charge in [-0.15, -0.1) is 11.3 Å². The molecule has 0 aliphatic carbocycles. The normalized spacial score (nSPS) is 16.9. The smallest absolute Gasteiger partial charge is 0.301 e. The number of phenols is 1. The van der Waals surface area contributed by atoms with E-state index < -0.39 is 17.7 Å². The number of aryl methyl sites for hydroxylation is 1. The van der Waals surface area contributed by atoms with Crippen LogP contribution in [0.1, 0.15) is 28.3 Å². The Morgan fingerprint density at radius 1 is 1.06 bits per heavy atom. The highest BCUT2D eigenvalue weighted by atomic mass is 32.1. The van der Waals surface area contributed by atoms with Gasteiger partial charge in [0.2, 0.25) is 0 Å². The van der Waals surface area contributed by atoms with E-state index in [9.17, 15) is 19.8 Å². The van der Waals surface area contributed by atoms with E-state index in [1.807, 2.05) is 31.2 Å². The number of ketones is 1. The Labute approximate surface area is 211 Å². The Morgan fingerprint density at radius 3 is 2.53 bits per heavy atom. The van der Waals surface area contributed by atoms with Crippen molar-refractivity contribution < 1.29 is 24.5 Å². The number of anilines is 1. The minimum atomic E-state index is -0.944. The number of aliphatic hydroxyl groups is 1. The van der Waals surface area contributed by atoms with Gasteiger partial charge < -0.3 is 14.9 Å². The van der Waals surface area contributed by atoms with Gasteiger partial charge in [-0.2, -0.15) is 0 Å². The maximum Gasteiger partial charge on any atom is 0.301 e. The number of Topliss-reactive ketones (excluding diaryl/α,β-unsaturated/α-hetero) is 1. The summed E-state index contributed by atoms with van der Waals surface area (Å²) < 4.78 is 5.85. The number of ether oxygens (including phenoxy) is 1. The second-order valence-electron chi connectivity index (χ2n) is 8.38. The second-order valence-corrected chi connectivity index (χ2v) is 9.25. The van der Waals surface area contributed by atoms with Crippen LogP contribution in [-0.2, 0) is 16.2 Å². The first-order valence-electron chi connectivity index (χ1n) is 11.2. The van der Waals surface area contributed by atoms with Crippen molar-refractivity contribution in [1.82, 2.24) is 4.98 Å². The van der Waals surface area contributed by atoms with Crippen LogP contribution in [0, 0.1) is 6.92 Å². The first-order chi connectivity index (χ1) is 17.4. The topological polar surface area (TPSA) is 100.0 Å². The highest BCUT2D eigenvalue weighted by Gasteiger charge is 2.48. The molecule has 1 aromatic heterocycles. The summed E-state index contributed by atoms with van der Waals surface area (Å²) in [7, 11) is 0. The molecule has 1 fully saturated rings. The molecule has 4 aromatic rings. The summed E-state index contributed by atoms with van der Waals surface area (Å²) >= 11 is 1.20. The number of aromatic hydroxyl groups is 1. The molecule has 0 spiro atoms. The number of carbonyl (C=O) groups is 2. The monoisotopic (exact) mass is 498 g/mol. The molecule has 1 saturated heterocycles. The summed E-state index contributed by atoms with van der Waals surface area (Å²) in [6.07, 6.45) is 1.54. The van der Waals surface area contributed by atoms with E-state index in [-0.39, 0.29) is 17.1 Å². The van der Waals surface area contributed by atoms with Gasteiger partial charge in [0.05, 0.1) is 11.6 Å². The van der Waals surface area contributed by atoms with E-state index in [0.717, 1.165) is 11.1 Å². The SMILES string of the molecule is Cc1cccc(COc2ccc(C(O)=C3C(=O)C(=O)N(c4nccs4)[C@@H]3c3cccc(O)c3)cc2)c1. The predicted molar refractivity (Wildman–Crippen MR) is 137 cm³/mol. The van der Waals surface area contributed by atoms with Gasteiger partial charge in [-0.25, -0.2) is 4.98 Å².